The Morgan fingerprint density at radius 1 is 1.33 bits per heavy atom. The number of thioether (sulfide) groups is 1. The highest BCUT2D eigenvalue weighted by Gasteiger charge is 2.25. The van der Waals surface area contributed by atoms with Gasteiger partial charge in [-0.05, 0) is 44.1 Å². The van der Waals surface area contributed by atoms with E-state index < -0.39 is 0 Å². The van der Waals surface area contributed by atoms with E-state index in [1.807, 2.05) is 23.9 Å². The number of imidazole rings is 1. The highest BCUT2D eigenvalue weighted by atomic mass is 35.5. The molecule has 0 N–H and O–H groups in total. The molecule has 3 nitrogen and oxygen atoms in total. The first kappa shape index (κ1) is 15.0. The fourth-order valence-electron chi connectivity index (χ4n) is 3.30. The molecule has 114 valence electrons. The van der Waals surface area contributed by atoms with Crippen LogP contribution in [0.2, 0.25) is 0 Å². The first-order valence-corrected chi connectivity index (χ1v) is 9.22. The third kappa shape index (κ3) is 2.88. The van der Waals surface area contributed by atoms with Gasteiger partial charge in [-0.1, -0.05) is 0 Å². The van der Waals surface area contributed by atoms with E-state index in [0.717, 1.165) is 22.3 Å². The summed E-state index contributed by atoms with van der Waals surface area (Å²) in [5.74, 6) is 2.28. The van der Waals surface area contributed by atoms with Crippen LogP contribution in [-0.4, -0.2) is 28.2 Å². The summed E-state index contributed by atoms with van der Waals surface area (Å²) in [6.45, 7) is 0. The lowest BCUT2D eigenvalue weighted by Gasteiger charge is -2.29. The molecule has 0 unspecified atom stereocenters. The van der Waals surface area contributed by atoms with Gasteiger partial charge in [0, 0.05) is 17.4 Å². The molecule has 3 rings (SSSR count). The van der Waals surface area contributed by atoms with Crippen molar-refractivity contribution in [2.75, 3.05) is 13.4 Å². The molecule has 0 radical (unpaired) electrons. The van der Waals surface area contributed by atoms with E-state index in [2.05, 4.69) is 16.9 Å². The van der Waals surface area contributed by atoms with Crippen molar-refractivity contribution in [2.45, 2.75) is 42.9 Å². The second kappa shape index (κ2) is 6.49. The summed E-state index contributed by atoms with van der Waals surface area (Å²) >= 11 is 8.13. The third-order valence-electron chi connectivity index (χ3n) is 4.43. The molecule has 5 heteroatoms. The van der Waals surface area contributed by atoms with Crippen molar-refractivity contribution in [1.29, 1.82) is 0 Å². The molecule has 0 amide bonds. The van der Waals surface area contributed by atoms with E-state index in [9.17, 15) is 0 Å². The molecular formula is C16H21ClN2OS. The lowest BCUT2D eigenvalue weighted by molar-refractivity contribution is 0.361. The number of fused-ring (bicyclic) bond motifs is 1. The highest BCUT2D eigenvalue weighted by Crippen LogP contribution is 2.37. The van der Waals surface area contributed by atoms with Gasteiger partial charge in [0.1, 0.15) is 11.6 Å². The number of aromatic nitrogens is 2. The molecule has 1 fully saturated rings. The molecule has 2 aromatic rings. The van der Waals surface area contributed by atoms with Crippen LogP contribution in [0.15, 0.2) is 18.2 Å². The zero-order chi connectivity index (χ0) is 14.8. The normalized spacial score (nSPS) is 22.6. The van der Waals surface area contributed by atoms with Crippen LogP contribution in [0.4, 0.5) is 0 Å². The second-order valence-electron chi connectivity index (χ2n) is 5.55. The lowest BCUT2D eigenvalue weighted by Crippen LogP contribution is -2.20. The maximum atomic E-state index is 6.13. The molecule has 0 saturated heterocycles. The summed E-state index contributed by atoms with van der Waals surface area (Å²) in [6, 6.07) is 6.64. The van der Waals surface area contributed by atoms with Crippen molar-refractivity contribution in [3.05, 3.63) is 24.0 Å². The number of benzene rings is 1. The van der Waals surface area contributed by atoms with E-state index in [4.69, 9.17) is 21.3 Å². The van der Waals surface area contributed by atoms with Crippen molar-refractivity contribution in [3.63, 3.8) is 0 Å². The van der Waals surface area contributed by atoms with E-state index >= 15 is 0 Å². The predicted octanol–water partition coefficient (Wildman–Crippen LogP) is 4.63. The molecule has 0 spiro atoms. The topological polar surface area (TPSA) is 27.1 Å². The van der Waals surface area contributed by atoms with E-state index in [1.165, 1.54) is 31.2 Å². The third-order valence-corrected chi connectivity index (χ3v) is 5.81. The molecule has 1 saturated carbocycles. The SMILES string of the molecule is COc1ccc2c(c1)nc(CCl)n2C1CCC(SC)CC1. The van der Waals surface area contributed by atoms with E-state index in [-0.39, 0.29) is 0 Å². The maximum Gasteiger partial charge on any atom is 0.125 e. The Kier molecular flexibility index (Phi) is 4.65. The first-order valence-electron chi connectivity index (χ1n) is 7.40. The summed E-state index contributed by atoms with van der Waals surface area (Å²) < 4.78 is 7.65. The molecule has 21 heavy (non-hydrogen) atoms. The number of halogens is 1. The van der Waals surface area contributed by atoms with Gasteiger partial charge in [0.15, 0.2) is 0 Å². The zero-order valence-electron chi connectivity index (χ0n) is 12.5. The van der Waals surface area contributed by atoms with Gasteiger partial charge in [-0.25, -0.2) is 4.98 Å². The Morgan fingerprint density at radius 2 is 2.10 bits per heavy atom. The van der Waals surface area contributed by atoms with Crippen molar-refractivity contribution < 1.29 is 4.74 Å². The van der Waals surface area contributed by atoms with Crippen LogP contribution >= 0.6 is 23.4 Å². The fourth-order valence-corrected chi connectivity index (χ4v) is 4.23. The van der Waals surface area contributed by atoms with Gasteiger partial charge in [-0.15, -0.1) is 11.6 Å². The van der Waals surface area contributed by atoms with Crippen LogP contribution in [0.1, 0.15) is 37.5 Å². The van der Waals surface area contributed by atoms with Crippen molar-refractivity contribution in [3.8, 4) is 5.75 Å². The number of methoxy groups -OCH3 is 1. The van der Waals surface area contributed by atoms with Gasteiger partial charge in [0.2, 0.25) is 0 Å². The minimum atomic E-state index is 0.458. The molecule has 1 aromatic carbocycles. The average Bonchev–Trinajstić information content (AvgIpc) is 2.92. The molecule has 1 heterocycles. The number of nitrogens with zero attached hydrogens (tertiary/aromatic N) is 2. The van der Waals surface area contributed by atoms with Crippen LogP contribution < -0.4 is 4.74 Å². The van der Waals surface area contributed by atoms with Gasteiger partial charge in [0.25, 0.3) is 0 Å². The van der Waals surface area contributed by atoms with Crippen LogP contribution in [0.3, 0.4) is 0 Å². The molecule has 0 bridgehead atoms. The first-order chi connectivity index (χ1) is 10.3. The Bertz CT molecular complexity index is 620. The minimum absolute atomic E-state index is 0.458. The average molecular weight is 325 g/mol. The molecule has 1 aromatic heterocycles. The van der Waals surface area contributed by atoms with Gasteiger partial charge in [-0.3, -0.25) is 0 Å². The summed E-state index contributed by atoms with van der Waals surface area (Å²) in [5.41, 5.74) is 2.16. The molecule has 0 atom stereocenters. The van der Waals surface area contributed by atoms with Crippen molar-refractivity contribution in [1.82, 2.24) is 9.55 Å². The minimum Gasteiger partial charge on any atom is -0.497 e. The van der Waals surface area contributed by atoms with Crippen LogP contribution in [0.25, 0.3) is 11.0 Å². The Hall–Kier alpha value is -0.870. The monoisotopic (exact) mass is 324 g/mol. The molecule has 1 aliphatic carbocycles. The second-order valence-corrected chi connectivity index (χ2v) is 6.96. The number of alkyl halides is 1. The Balaban J connectivity index is 1.97. The van der Waals surface area contributed by atoms with Crippen LogP contribution in [-0.2, 0) is 5.88 Å². The van der Waals surface area contributed by atoms with Gasteiger partial charge in [0.05, 0.1) is 24.0 Å². The summed E-state index contributed by atoms with van der Waals surface area (Å²) in [7, 11) is 1.68. The van der Waals surface area contributed by atoms with Crippen molar-refractivity contribution >= 4 is 34.4 Å². The largest absolute Gasteiger partial charge is 0.497 e. The predicted molar refractivity (Wildman–Crippen MR) is 90.7 cm³/mol. The zero-order valence-corrected chi connectivity index (χ0v) is 14.1. The summed E-state index contributed by atoms with van der Waals surface area (Å²) in [4.78, 5) is 4.70. The maximum absolute atomic E-state index is 6.13. The Labute approximate surface area is 135 Å². The number of ether oxygens (including phenoxy) is 1. The quantitative estimate of drug-likeness (QED) is 0.767. The molecule has 1 aliphatic rings. The summed E-state index contributed by atoms with van der Waals surface area (Å²) in [5, 5.41) is 0.815. The van der Waals surface area contributed by atoms with Gasteiger partial charge < -0.3 is 9.30 Å². The number of hydrogen-bond donors (Lipinski definition) is 0. The van der Waals surface area contributed by atoms with Crippen LogP contribution in [0.5, 0.6) is 5.75 Å². The Morgan fingerprint density at radius 3 is 2.71 bits per heavy atom. The standard InChI is InChI=1S/C16H21ClN2OS/c1-20-12-5-8-15-14(9-12)18-16(10-17)19(15)11-3-6-13(21-2)7-4-11/h5,8-9,11,13H,3-4,6-7,10H2,1-2H3. The lowest BCUT2D eigenvalue weighted by atomic mass is 9.94. The van der Waals surface area contributed by atoms with Gasteiger partial charge in [-0.2, -0.15) is 11.8 Å². The van der Waals surface area contributed by atoms with E-state index in [1.54, 1.807) is 7.11 Å². The molecular weight excluding hydrogens is 304 g/mol. The summed E-state index contributed by atoms with van der Waals surface area (Å²) in [6.07, 6.45) is 7.21. The van der Waals surface area contributed by atoms with Gasteiger partial charge >= 0.3 is 0 Å². The van der Waals surface area contributed by atoms with Crippen molar-refractivity contribution in [2.24, 2.45) is 0 Å². The smallest absolute Gasteiger partial charge is 0.125 e. The number of hydrogen-bond acceptors (Lipinski definition) is 3. The van der Waals surface area contributed by atoms with E-state index in [0.29, 0.717) is 11.9 Å². The number of rotatable bonds is 4. The fraction of sp³-hybridized carbons (Fsp3) is 0.562. The highest BCUT2D eigenvalue weighted by molar-refractivity contribution is 7.99. The van der Waals surface area contributed by atoms with Crippen LogP contribution in [0, 0.1) is 0 Å². The molecule has 0 aliphatic heterocycles.